The highest BCUT2D eigenvalue weighted by Crippen LogP contribution is 2.43. The lowest BCUT2D eigenvalue weighted by Gasteiger charge is -2.36. The van der Waals surface area contributed by atoms with E-state index in [1.807, 2.05) is 14.7 Å². The van der Waals surface area contributed by atoms with Crippen LogP contribution >= 0.6 is 23.5 Å². The van der Waals surface area contributed by atoms with E-state index in [0.717, 1.165) is 37.2 Å². The number of urea groups is 2. The molecule has 0 bridgehead atoms. The number of rotatable bonds is 61. The number of nitrogens with zero attached hydrogens (tertiary/aromatic N) is 6. The summed E-state index contributed by atoms with van der Waals surface area (Å²) in [6.07, 6.45) is 6.96. The fourth-order valence-electron chi connectivity index (χ4n) is 16.7. The number of nitrogens with one attached hydrogen (secondary N) is 10. The van der Waals surface area contributed by atoms with Crippen molar-refractivity contribution in [2.24, 2.45) is 5.73 Å². The Balaban J connectivity index is 0.829. The summed E-state index contributed by atoms with van der Waals surface area (Å²) < 4.78 is 233. The molecule has 7 aliphatic heterocycles. The molecule has 2 aromatic carbocycles. The van der Waals surface area contributed by atoms with Crippen LogP contribution in [0.15, 0.2) is 24.3 Å². The van der Waals surface area contributed by atoms with Gasteiger partial charge in [0.1, 0.15) is 12.1 Å². The molecule has 7 aliphatic rings. The van der Waals surface area contributed by atoms with Crippen molar-refractivity contribution in [2.75, 3.05) is 153 Å². The maximum Gasteiger partial charge on any atom is 0.315 e. The Morgan fingerprint density at radius 1 is 0.403 bits per heavy atom. The van der Waals surface area contributed by atoms with Crippen LogP contribution in [0.3, 0.4) is 0 Å². The Bertz CT molecular complexity index is 4960. The molecule has 8 heterocycles. The lowest BCUT2D eigenvalue weighted by atomic mass is 10.0. The number of aromatic nitrogens is 3. The first-order chi connectivity index (χ1) is 65.8. The molecular formula is C82H129N17O32S8. The Kier molecular flexibility index (Phi) is 43.1. The Morgan fingerprint density at radius 3 is 1.00 bits per heavy atom. The number of unbranched alkanes of at least 4 members (excludes halogenated alkanes) is 4. The fraction of sp³-hybridized carbons (Fsp3) is 0.720. The average molecular weight is 2120 g/mol. The van der Waals surface area contributed by atoms with Crippen molar-refractivity contribution < 1.29 is 145 Å². The number of carbonyl (C=O) groups is 8. The van der Waals surface area contributed by atoms with Crippen LogP contribution < -0.4 is 102 Å². The van der Waals surface area contributed by atoms with Crippen molar-refractivity contribution in [3.63, 3.8) is 0 Å². The third-order valence-corrected chi connectivity index (χ3v) is 31.8. The maximum atomic E-state index is 14.9. The maximum absolute atomic E-state index is 14.9. The second kappa shape index (κ2) is 53.5. The van der Waals surface area contributed by atoms with Crippen molar-refractivity contribution in [2.45, 2.75) is 232 Å². The van der Waals surface area contributed by atoms with Crippen LogP contribution in [0, 0.1) is 0 Å². The fourth-order valence-corrected chi connectivity index (χ4v) is 22.7. The number of amides is 10. The van der Waals surface area contributed by atoms with E-state index in [9.17, 15) is 116 Å². The highest BCUT2D eigenvalue weighted by atomic mass is 32.2. The van der Waals surface area contributed by atoms with E-state index in [2.05, 4.69) is 53.2 Å². The largest absolute Gasteiger partial charge is 0.489 e. The van der Waals surface area contributed by atoms with Crippen LogP contribution in [0.4, 0.5) is 27.4 Å². The van der Waals surface area contributed by atoms with Crippen LogP contribution in [-0.4, -0.2) is 343 Å². The Morgan fingerprint density at radius 2 is 0.698 bits per heavy atom. The van der Waals surface area contributed by atoms with E-state index < -0.39 is 183 Å². The van der Waals surface area contributed by atoms with Gasteiger partial charge in [-0.25, -0.2) is 9.59 Å². The SMILES string of the molecule is NC1CCN(c2nc(N3CCC(NC(=O)C(CCCCNC(=O)CCCCC4SCC5NC(=O)NC54)NC(=O)c4cc(OCCCS(=O)(=O)O)c(OCCCS(=O)(=O)O)c(OCCCS(=O)(=O)O)c4)CC3)nc(N3CCC(NC(=O)C(CCCCNC(=O)CCCCC4SCC5NC(=O)NC54)NC(=O)c4cc(OCCCS(=O)(=O)O)c(OCCCS(=O)(=O)O)c(OCCCS(=O)(=O)O)c4)CC3)n2)CC1. The quantitative estimate of drug-likeness (QED) is 0.0216. The van der Waals surface area contributed by atoms with Gasteiger partial charge in [-0.15, -0.1) is 0 Å². The topological polar surface area (TPSA) is 713 Å². The number of hydrogen-bond donors (Lipinski definition) is 17. The van der Waals surface area contributed by atoms with Gasteiger partial charge in [0.15, 0.2) is 23.0 Å². The Labute approximate surface area is 817 Å². The van der Waals surface area contributed by atoms with Gasteiger partial charge in [-0.05, 0) is 166 Å². The van der Waals surface area contributed by atoms with Crippen molar-refractivity contribution >= 4 is 150 Å². The van der Waals surface area contributed by atoms with Crippen LogP contribution in [0.2, 0.25) is 0 Å². The molecule has 0 saturated carbocycles. The minimum Gasteiger partial charge on any atom is -0.489 e. The molecule has 139 heavy (non-hydrogen) atoms. The molecule has 8 atom stereocenters. The van der Waals surface area contributed by atoms with Gasteiger partial charge in [0.05, 0.1) is 98.3 Å². The van der Waals surface area contributed by atoms with E-state index in [1.165, 1.54) is 24.3 Å². The zero-order valence-corrected chi connectivity index (χ0v) is 83.5. The van der Waals surface area contributed by atoms with E-state index in [1.54, 1.807) is 23.5 Å². The molecule has 0 aliphatic carbocycles. The number of nitrogens with two attached hydrogens (primary N) is 1. The van der Waals surface area contributed by atoms with Crippen LogP contribution in [0.25, 0.3) is 0 Å². The lowest BCUT2D eigenvalue weighted by molar-refractivity contribution is -0.124. The summed E-state index contributed by atoms with van der Waals surface area (Å²) in [5.74, 6) is -6.96. The zero-order chi connectivity index (χ0) is 101. The van der Waals surface area contributed by atoms with E-state index in [4.69, 9.17) is 49.1 Å². The van der Waals surface area contributed by atoms with Crippen molar-refractivity contribution in [1.82, 2.24) is 68.1 Å². The second-order valence-electron chi connectivity index (χ2n) is 35.1. The highest BCUT2D eigenvalue weighted by Gasteiger charge is 2.45. The summed E-state index contributed by atoms with van der Waals surface area (Å²) in [5, 5.41) is 29.9. The van der Waals surface area contributed by atoms with Gasteiger partial charge in [-0.3, -0.25) is 56.1 Å². The highest BCUT2D eigenvalue weighted by molar-refractivity contribution is 8.00. The number of thioether (sulfide) groups is 2. The normalized spacial score (nSPS) is 19.9. The van der Waals surface area contributed by atoms with E-state index >= 15 is 0 Å². The minimum absolute atomic E-state index is 0.0197. The smallest absolute Gasteiger partial charge is 0.315 e. The first-order valence-electron chi connectivity index (χ1n) is 46.6. The number of carbonyl (C=O) groups excluding carboxylic acids is 8. The summed E-state index contributed by atoms with van der Waals surface area (Å²) in [6.45, 7) is 0.108. The predicted octanol–water partition coefficient (Wildman–Crippen LogP) is 1.53. The molecular weight excluding hydrogens is 1990 g/mol. The number of benzene rings is 2. The van der Waals surface area contributed by atoms with Gasteiger partial charge >= 0.3 is 12.1 Å². The molecule has 49 nitrogen and oxygen atoms in total. The molecule has 0 spiro atoms. The van der Waals surface area contributed by atoms with Crippen LogP contribution in [0.1, 0.15) is 188 Å². The van der Waals surface area contributed by atoms with E-state index in [-0.39, 0.29) is 200 Å². The van der Waals surface area contributed by atoms with Gasteiger partial charge < -0.3 is 102 Å². The number of anilines is 3. The molecule has 10 amide bonds. The molecule has 10 rings (SSSR count). The first-order valence-corrected chi connectivity index (χ1v) is 58.3. The molecule has 57 heteroatoms. The molecule has 3 aromatic rings. The second-order valence-corrected chi connectivity index (χ2v) is 47.1. The number of piperidine rings is 3. The van der Waals surface area contributed by atoms with Crippen LogP contribution in [0.5, 0.6) is 34.5 Å². The predicted molar refractivity (Wildman–Crippen MR) is 512 cm³/mol. The average Bonchev–Trinajstić information content (AvgIpc) is 1.47. The van der Waals surface area contributed by atoms with Gasteiger partial charge in [0.25, 0.3) is 72.5 Å². The van der Waals surface area contributed by atoms with Gasteiger partial charge in [0, 0.05) is 116 Å². The van der Waals surface area contributed by atoms with E-state index in [0.29, 0.717) is 121 Å². The molecule has 8 unspecified atom stereocenters. The zero-order valence-electron chi connectivity index (χ0n) is 76.9. The third-order valence-electron chi connectivity index (χ3n) is 23.9. The number of hydrogen-bond acceptors (Lipinski definition) is 35. The number of fused-ring (bicyclic) bond motifs is 2. The van der Waals surface area contributed by atoms with Gasteiger partial charge in [-0.2, -0.15) is 89.0 Å². The third kappa shape index (κ3) is 39.8. The summed E-state index contributed by atoms with van der Waals surface area (Å²) >= 11 is 3.56. The van der Waals surface area contributed by atoms with Gasteiger partial charge in [-0.1, -0.05) is 12.8 Å². The Hall–Kier alpha value is -8.87. The number of ether oxygens (including phenoxy) is 6. The summed E-state index contributed by atoms with van der Waals surface area (Å²) in [7, 11) is -26.9. The van der Waals surface area contributed by atoms with Gasteiger partial charge in [0.2, 0.25) is 53.0 Å². The molecule has 1 aromatic heterocycles. The van der Waals surface area contributed by atoms with Crippen molar-refractivity contribution in [3.8, 4) is 34.5 Å². The monoisotopic (exact) mass is 2120 g/mol. The molecule has 7 saturated heterocycles. The summed E-state index contributed by atoms with van der Waals surface area (Å²) in [6, 6.07) is 0.859. The summed E-state index contributed by atoms with van der Waals surface area (Å²) in [5.41, 5.74) is 5.91. The molecule has 18 N–H and O–H groups in total. The van der Waals surface area contributed by atoms with Crippen molar-refractivity contribution in [3.05, 3.63) is 35.4 Å². The molecule has 782 valence electrons. The first kappa shape index (κ1) is 112. The van der Waals surface area contributed by atoms with Crippen molar-refractivity contribution in [1.29, 1.82) is 0 Å². The standard InChI is InChI=1S/C82H129N17O32S8/c83-55-21-29-97(30-22-55)78-94-79(98-31-23-56(24-32-98)86-76(104)58(15-5-7-27-84-68(100)19-3-1-17-66-70-60(51-132-66)90-81(106)92-70)88-74(102)53-47-62(126-35-9-41-134(108,109)110)72(130-39-13-45-138(120,121)122)63(48-53)127-36-10-42-135(111,112)113)96-80(95-78)99-33-25-57(26-34-99)87-77(105)59(16-6-8-28-85-69(101)20-4-2-18-67-71-61(52-133-67)91-82(107)93-71)89-75(103)54-49-64(128-37-11-43-136(114,115)116)73(131-40-14-46-139(123,124)125)65(50-54)129-38-12-44-137(117,118)119/h47-50,55-61,66-67,70-71H,1-46,51-52,83H2,(H,84,100)(H,85,101)(H,86,104)(H,87,105)(H,88,102)(H,89,103)(H2,90,92,106)(H2,91,93,107)(H,108,109,110)(H,111,112,113)(H,114,115,116)(H,117,118,119)(H,120,121,122)(H,123,124,125). The summed E-state index contributed by atoms with van der Waals surface area (Å²) in [4.78, 5) is 130. The van der Waals surface area contributed by atoms with Crippen LogP contribution in [-0.2, 0) is 79.9 Å². The molecule has 0 radical (unpaired) electrons. The molecule has 7 fully saturated rings. The minimum atomic E-state index is -4.50. The lowest BCUT2D eigenvalue weighted by Crippen LogP contribution is -2.52.